The van der Waals surface area contributed by atoms with Gasteiger partial charge in [-0.05, 0) is 12.3 Å². The summed E-state index contributed by atoms with van der Waals surface area (Å²) < 4.78 is 29.2. The van der Waals surface area contributed by atoms with Crippen LogP contribution in [0.15, 0.2) is 17.1 Å². The minimum atomic E-state index is -0.935. The molecule has 0 amide bonds. The Morgan fingerprint density at radius 1 is 1.82 bits per heavy atom. The van der Waals surface area contributed by atoms with Crippen LogP contribution in [-0.4, -0.2) is 17.9 Å². The number of hydrazone groups is 1. The van der Waals surface area contributed by atoms with Gasteiger partial charge in [-0.15, -0.1) is 0 Å². The molecular formula is C5H7F2N3O. The molecule has 6 heteroatoms. The van der Waals surface area contributed by atoms with E-state index in [9.17, 15) is 8.87 Å². The van der Waals surface area contributed by atoms with Gasteiger partial charge in [-0.1, -0.05) is 9.58 Å². The zero-order chi connectivity index (χ0) is 8.27. The molecule has 1 aliphatic heterocycles. The predicted octanol–water partition coefficient (Wildman–Crippen LogP) is 0.852. The fourth-order valence-electron chi connectivity index (χ4n) is 0.599. The van der Waals surface area contributed by atoms with Crippen molar-refractivity contribution in [1.29, 1.82) is 0 Å². The maximum absolute atomic E-state index is 12.3. The quantitative estimate of drug-likeness (QED) is 0.613. The van der Waals surface area contributed by atoms with E-state index in [4.69, 9.17) is 4.74 Å². The van der Waals surface area contributed by atoms with Gasteiger partial charge in [-0.3, -0.25) is 0 Å². The Labute approximate surface area is 62.0 Å². The Morgan fingerprint density at radius 3 is 3.09 bits per heavy atom. The Balaban J connectivity index is 2.60. The van der Waals surface area contributed by atoms with E-state index in [1.807, 2.05) is 5.43 Å². The van der Waals surface area contributed by atoms with Crippen molar-refractivity contribution in [1.82, 2.24) is 10.8 Å². The summed E-state index contributed by atoms with van der Waals surface area (Å²) in [5.74, 6) is -0.933. The molecule has 1 N–H and O–H groups in total. The van der Waals surface area contributed by atoms with Crippen LogP contribution in [0, 0.1) is 0 Å². The van der Waals surface area contributed by atoms with E-state index >= 15 is 0 Å². The van der Waals surface area contributed by atoms with Crippen LogP contribution in [0.25, 0.3) is 0 Å². The zero-order valence-corrected chi connectivity index (χ0v) is 5.84. The number of rotatable bonds is 2. The number of allylic oxidation sites excluding steroid dienone is 1. The van der Waals surface area contributed by atoms with Crippen LogP contribution < -0.4 is 5.43 Å². The van der Waals surface area contributed by atoms with Gasteiger partial charge in [0.2, 0.25) is 11.8 Å². The van der Waals surface area contributed by atoms with Crippen LogP contribution in [0.3, 0.4) is 0 Å². The number of halogens is 2. The Hall–Kier alpha value is -1.33. The molecule has 0 atom stereocenters. The van der Waals surface area contributed by atoms with Gasteiger partial charge in [-0.25, -0.2) is 5.43 Å². The van der Waals surface area contributed by atoms with E-state index < -0.39 is 5.97 Å². The summed E-state index contributed by atoms with van der Waals surface area (Å²) in [6, 6.07) is 0. The van der Waals surface area contributed by atoms with Gasteiger partial charge in [0.05, 0.1) is 12.7 Å². The van der Waals surface area contributed by atoms with Crippen LogP contribution in [0.2, 0.25) is 0 Å². The molecular weight excluding hydrogens is 156 g/mol. The van der Waals surface area contributed by atoms with Crippen molar-refractivity contribution in [3.8, 4) is 0 Å². The molecule has 1 aliphatic rings. The first-order valence-corrected chi connectivity index (χ1v) is 3.03. The van der Waals surface area contributed by atoms with Gasteiger partial charge < -0.3 is 4.74 Å². The van der Waals surface area contributed by atoms with Crippen molar-refractivity contribution in [2.45, 2.75) is 6.92 Å². The molecule has 0 fully saturated rings. The summed E-state index contributed by atoms with van der Waals surface area (Å²) in [6.07, 6.45) is 0.958. The Bertz CT molecular complexity index is 204. The van der Waals surface area contributed by atoms with Gasteiger partial charge in [0.15, 0.2) is 0 Å². The van der Waals surface area contributed by atoms with E-state index in [0.717, 1.165) is 6.08 Å². The normalized spacial score (nSPS) is 16.8. The molecule has 0 aliphatic carbocycles. The highest BCUT2D eigenvalue weighted by Gasteiger charge is 2.11. The molecule has 0 spiro atoms. The van der Waals surface area contributed by atoms with Crippen molar-refractivity contribution in [3.05, 3.63) is 12.0 Å². The summed E-state index contributed by atoms with van der Waals surface area (Å²) in [5, 5.41) is 2.51. The fraction of sp³-hybridized carbons (Fsp3) is 0.400. The lowest BCUT2D eigenvalue weighted by Crippen LogP contribution is -2.31. The summed E-state index contributed by atoms with van der Waals surface area (Å²) in [6.45, 7) is 2.04. The van der Waals surface area contributed by atoms with Crippen LogP contribution >= 0.6 is 0 Å². The van der Waals surface area contributed by atoms with Gasteiger partial charge in [0.1, 0.15) is 0 Å². The Morgan fingerprint density at radius 2 is 2.55 bits per heavy atom. The monoisotopic (exact) mass is 163 g/mol. The van der Waals surface area contributed by atoms with Crippen LogP contribution in [0.4, 0.5) is 8.87 Å². The summed E-state index contributed by atoms with van der Waals surface area (Å²) >= 11 is 0. The lowest BCUT2D eigenvalue weighted by atomic mass is 10.6. The highest BCUT2D eigenvalue weighted by Crippen LogP contribution is 2.04. The lowest BCUT2D eigenvalue weighted by molar-refractivity contribution is -0.0439. The Kier molecular flexibility index (Phi) is 2.25. The average molecular weight is 163 g/mol. The first-order valence-electron chi connectivity index (χ1n) is 3.03. The molecule has 4 nitrogen and oxygen atoms in total. The van der Waals surface area contributed by atoms with Gasteiger partial charge in [0, 0.05) is 0 Å². The van der Waals surface area contributed by atoms with Crippen molar-refractivity contribution >= 4 is 5.97 Å². The van der Waals surface area contributed by atoms with Crippen molar-refractivity contribution in [3.63, 3.8) is 0 Å². The molecule has 62 valence electrons. The third-order valence-corrected chi connectivity index (χ3v) is 0.936. The van der Waals surface area contributed by atoms with E-state index in [2.05, 4.69) is 5.10 Å². The van der Waals surface area contributed by atoms with Gasteiger partial charge >= 0.3 is 0 Å². The number of hydrazine groups is 1. The average Bonchev–Trinajstić information content (AvgIpc) is 1.85. The summed E-state index contributed by atoms with van der Waals surface area (Å²) in [5.41, 5.74) is 2.03. The van der Waals surface area contributed by atoms with Crippen LogP contribution in [0.1, 0.15) is 6.92 Å². The molecule has 1 rings (SSSR count). The fourth-order valence-corrected chi connectivity index (χ4v) is 0.599. The second-order valence-electron chi connectivity index (χ2n) is 1.74. The van der Waals surface area contributed by atoms with Crippen molar-refractivity contribution < 1.29 is 13.6 Å². The number of hydrogen-bond donors (Lipinski definition) is 1. The number of nitrogens with zero attached hydrogens (tertiary/aromatic N) is 2. The molecule has 0 aromatic rings. The maximum Gasteiger partial charge on any atom is 0.240 e. The van der Waals surface area contributed by atoms with Gasteiger partial charge in [-0.2, -0.15) is 4.39 Å². The largest absolute Gasteiger partial charge is 0.478 e. The molecule has 0 saturated carbocycles. The standard InChI is InChI=1S/C5H7F2N3O/c1-2-11-5-3-4(6)8-10(7)9-5/h3,9H,2H2,1H3. The third-order valence-electron chi connectivity index (χ3n) is 0.936. The molecule has 0 unspecified atom stereocenters. The van der Waals surface area contributed by atoms with Crippen LogP contribution in [-0.2, 0) is 4.74 Å². The van der Waals surface area contributed by atoms with E-state index in [0.29, 0.717) is 6.61 Å². The molecule has 1 heterocycles. The molecule has 0 saturated heterocycles. The topological polar surface area (TPSA) is 36.9 Å². The second kappa shape index (κ2) is 3.18. The summed E-state index contributed by atoms with van der Waals surface area (Å²) in [7, 11) is 0. The van der Waals surface area contributed by atoms with Crippen molar-refractivity contribution in [2.24, 2.45) is 5.10 Å². The number of nitrogens with one attached hydrogen (secondary N) is 1. The first-order chi connectivity index (χ1) is 5.22. The molecule has 0 bridgehead atoms. The zero-order valence-electron chi connectivity index (χ0n) is 5.84. The highest BCUT2D eigenvalue weighted by atomic mass is 19.2. The highest BCUT2D eigenvalue weighted by molar-refractivity contribution is 5.87. The first kappa shape index (κ1) is 7.77. The lowest BCUT2D eigenvalue weighted by Gasteiger charge is -2.16. The number of ether oxygens (including phenoxy) is 1. The summed E-state index contributed by atoms with van der Waals surface area (Å²) in [4.78, 5) is 0. The maximum atomic E-state index is 12.3. The van der Waals surface area contributed by atoms with E-state index in [1.165, 1.54) is 0 Å². The smallest absolute Gasteiger partial charge is 0.240 e. The minimum Gasteiger partial charge on any atom is -0.478 e. The molecule has 11 heavy (non-hydrogen) atoms. The second-order valence-corrected chi connectivity index (χ2v) is 1.74. The van der Waals surface area contributed by atoms with Crippen molar-refractivity contribution in [2.75, 3.05) is 6.61 Å². The molecule has 0 radical (unpaired) electrons. The minimum absolute atomic E-state index is 0.00231. The third kappa shape index (κ3) is 2.06. The molecule has 0 aromatic heterocycles. The van der Waals surface area contributed by atoms with E-state index in [1.54, 1.807) is 6.92 Å². The number of hydrogen-bond acceptors (Lipinski definition) is 4. The molecule has 0 aromatic carbocycles. The SMILES string of the molecule is CCOC1=CC(F)=NN(F)N1. The van der Waals surface area contributed by atoms with E-state index in [-0.39, 0.29) is 11.2 Å². The van der Waals surface area contributed by atoms with Gasteiger partial charge in [0.25, 0.3) is 0 Å². The van der Waals surface area contributed by atoms with Crippen LogP contribution in [0.5, 0.6) is 0 Å². The predicted molar refractivity (Wildman–Crippen MR) is 34.3 cm³/mol.